The van der Waals surface area contributed by atoms with Gasteiger partial charge in [0.15, 0.2) is 20.4 Å². The predicted octanol–water partition coefficient (Wildman–Crippen LogP) is 4.01. The van der Waals surface area contributed by atoms with Gasteiger partial charge in [0, 0.05) is 38.9 Å². The van der Waals surface area contributed by atoms with Crippen molar-refractivity contribution in [1.82, 2.24) is 19.7 Å². The van der Waals surface area contributed by atoms with Gasteiger partial charge in [0.25, 0.3) is 5.56 Å². The van der Waals surface area contributed by atoms with E-state index >= 15 is 0 Å². The number of nitrogens with zero attached hydrogens (tertiary/aromatic N) is 4. The zero-order valence-corrected chi connectivity index (χ0v) is 23.1. The number of rotatable bonds is 6. The van der Waals surface area contributed by atoms with Gasteiger partial charge in [-0.2, -0.15) is 5.10 Å². The van der Waals surface area contributed by atoms with E-state index in [2.05, 4.69) is 55.7 Å². The Morgan fingerprint density at radius 1 is 1.26 bits per heavy atom. The average Bonchev–Trinajstić information content (AvgIpc) is 3.20. The van der Waals surface area contributed by atoms with Gasteiger partial charge in [0.1, 0.15) is 11.0 Å². The summed E-state index contributed by atoms with van der Waals surface area (Å²) in [4.78, 5) is 15.1. The highest BCUT2D eigenvalue weighted by Gasteiger charge is 2.40. The van der Waals surface area contributed by atoms with Crippen LogP contribution >= 0.6 is 0 Å². The van der Waals surface area contributed by atoms with Crippen LogP contribution in [0.1, 0.15) is 59.6 Å². The van der Waals surface area contributed by atoms with Crippen LogP contribution < -0.4 is 15.8 Å². The van der Waals surface area contributed by atoms with Crippen LogP contribution in [0.25, 0.3) is 11.0 Å². The molecule has 0 spiro atoms. The summed E-state index contributed by atoms with van der Waals surface area (Å²) < 4.78 is 16.7. The van der Waals surface area contributed by atoms with Gasteiger partial charge in [-0.25, -0.2) is 4.68 Å². The van der Waals surface area contributed by atoms with Gasteiger partial charge in [0.05, 0.1) is 12.6 Å². The molecule has 0 aromatic carbocycles. The minimum absolute atomic E-state index is 0.0193. The fraction of sp³-hybridized carbons (Fsp3) is 0.760. The van der Waals surface area contributed by atoms with Crippen LogP contribution in [0.15, 0.2) is 16.9 Å². The molecule has 0 bridgehead atoms. The van der Waals surface area contributed by atoms with E-state index in [0.717, 1.165) is 62.2 Å². The molecule has 4 rings (SSSR count). The number of fused-ring (bicyclic) bond motifs is 1. The Labute approximate surface area is 204 Å². The van der Waals surface area contributed by atoms with Crippen LogP contribution in [0, 0.1) is 0 Å². The molecule has 1 N–H and O–H groups in total. The predicted molar refractivity (Wildman–Crippen MR) is 140 cm³/mol. The van der Waals surface area contributed by atoms with Crippen molar-refractivity contribution in [2.24, 2.45) is 7.05 Å². The van der Waals surface area contributed by atoms with Gasteiger partial charge < -0.3 is 23.9 Å². The number of aromatic nitrogens is 3. The van der Waals surface area contributed by atoms with Gasteiger partial charge in [-0.3, -0.25) is 4.79 Å². The maximum Gasteiger partial charge on any atom is 0.250 e. The molecule has 0 radical (unpaired) electrons. The van der Waals surface area contributed by atoms with E-state index in [1.165, 1.54) is 0 Å². The van der Waals surface area contributed by atoms with E-state index in [9.17, 15) is 4.79 Å². The summed E-state index contributed by atoms with van der Waals surface area (Å²) in [6.07, 6.45) is 4.07. The third kappa shape index (κ3) is 4.85. The second kappa shape index (κ2) is 9.76. The quantitative estimate of drug-likeness (QED) is 0.618. The summed E-state index contributed by atoms with van der Waals surface area (Å²) in [7, 11) is -0.0550. The van der Waals surface area contributed by atoms with E-state index in [-0.39, 0.29) is 22.9 Å². The maximum atomic E-state index is 12.7. The van der Waals surface area contributed by atoms with Crippen molar-refractivity contribution in [3.05, 3.63) is 22.5 Å². The van der Waals surface area contributed by atoms with Crippen molar-refractivity contribution in [2.75, 3.05) is 31.2 Å². The molecule has 9 heteroatoms. The van der Waals surface area contributed by atoms with E-state index in [0.29, 0.717) is 12.6 Å². The second-order valence-corrected chi connectivity index (χ2v) is 16.3. The highest BCUT2D eigenvalue weighted by molar-refractivity contribution is 6.74. The summed E-state index contributed by atoms with van der Waals surface area (Å²) in [5.74, 6) is 0.992. The first kappa shape index (κ1) is 25.4. The van der Waals surface area contributed by atoms with Gasteiger partial charge in [-0.05, 0) is 49.9 Å². The molecular formula is C25H43N5O3Si. The zero-order chi connectivity index (χ0) is 24.7. The molecule has 0 saturated carbocycles. The molecule has 190 valence electrons. The van der Waals surface area contributed by atoms with Crippen molar-refractivity contribution in [3.63, 3.8) is 0 Å². The Morgan fingerprint density at radius 2 is 2.03 bits per heavy atom. The number of ether oxygens (including phenoxy) is 1. The molecule has 2 saturated heterocycles. The Hall–Kier alpha value is -1.68. The monoisotopic (exact) mass is 489 g/mol. The molecule has 2 aromatic rings. The molecule has 8 nitrogen and oxygen atoms in total. The van der Waals surface area contributed by atoms with Gasteiger partial charge in [0.2, 0.25) is 0 Å². The third-order valence-corrected chi connectivity index (χ3v) is 12.6. The number of anilines is 1. The highest BCUT2D eigenvalue weighted by atomic mass is 28.4. The topological polar surface area (TPSA) is 73.6 Å². The molecule has 0 aliphatic carbocycles. The fourth-order valence-corrected chi connectivity index (χ4v) is 5.73. The van der Waals surface area contributed by atoms with Crippen LogP contribution in [0.2, 0.25) is 18.1 Å². The van der Waals surface area contributed by atoms with Crippen LogP contribution in [-0.4, -0.2) is 61.1 Å². The van der Waals surface area contributed by atoms with Crippen LogP contribution in [0.3, 0.4) is 0 Å². The van der Waals surface area contributed by atoms with Crippen molar-refractivity contribution in [2.45, 2.75) is 89.8 Å². The van der Waals surface area contributed by atoms with Gasteiger partial charge in [-0.1, -0.05) is 27.7 Å². The molecule has 2 fully saturated rings. The fourth-order valence-electron chi connectivity index (χ4n) is 4.69. The normalized spacial score (nSPS) is 24.7. The third-order valence-electron chi connectivity index (χ3n) is 8.07. The zero-order valence-electron chi connectivity index (χ0n) is 22.1. The lowest BCUT2D eigenvalue weighted by molar-refractivity contribution is -0.0384. The second-order valence-electron chi connectivity index (χ2n) is 11.4. The lowest BCUT2D eigenvalue weighted by Gasteiger charge is -2.44. The lowest BCUT2D eigenvalue weighted by Crippen LogP contribution is -2.60. The van der Waals surface area contributed by atoms with E-state index < -0.39 is 8.32 Å². The lowest BCUT2D eigenvalue weighted by atomic mass is 10.1. The molecule has 2 aromatic heterocycles. The number of hydrogen-bond donors (Lipinski definition) is 1. The van der Waals surface area contributed by atoms with Crippen LogP contribution in [0.5, 0.6) is 0 Å². The molecule has 34 heavy (non-hydrogen) atoms. The highest BCUT2D eigenvalue weighted by Crippen LogP contribution is 2.38. The van der Waals surface area contributed by atoms with Crippen molar-refractivity contribution < 1.29 is 9.16 Å². The van der Waals surface area contributed by atoms with E-state index in [1.54, 1.807) is 10.6 Å². The minimum atomic E-state index is -1.90. The van der Waals surface area contributed by atoms with Gasteiger partial charge >= 0.3 is 0 Å². The summed E-state index contributed by atoms with van der Waals surface area (Å²) in [6, 6.07) is 3.97. The number of pyridine rings is 1. The van der Waals surface area contributed by atoms with E-state index in [1.807, 2.05) is 13.1 Å². The first-order valence-corrected chi connectivity index (χ1v) is 15.8. The molecular weight excluding hydrogens is 446 g/mol. The standard InChI is InChI=1S/C25H43N5O3Si/c1-8-18-16-29(19(15-26-18)17-33-34(6,7)25(2,3)4)24-23-20(12-13-21(31)28(23)5)27-30(24)22-11-9-10-14-32-22/h12-13,18-19,22,26H,8-11,14-17H2,1-7H3/t18-,19-,22?/m1/s1. The molecule has 3 atom stereocenters. The Kier molecular flexibility index (Phi) is 7.29. The smallest absolute Gasteiger partial charge is 0.250 e. The van der Waals surface area contributed by atoms with Crippen molar-refractivity contribution >= 4 is 25.2 Å². The molecule has 0 amide bonds. The summed E-state index contributed by atoms with van der Waals surface area (Å²) in [5, 5.41) is 8.86. The molecule has 1 unspecified atom stereocenters. The van der Waals surface area contributed by atoms with E-state index in [4.69, 9.17) is 14.3 Å². The molecule has 4 heterocycles. The first-order valence-electron chi connectivity index (χ1n) is 12.9. The average molecular weight is 490 g/mol. The van der Waals surface area contributed by atoms with Gasteiger partial charge in [-0.15, -0.1) is 0 Å². The first-order chi connectivity index (χ1) is 16.0. The number of nitrogens with one attached hydrogen (secondary N) is 1. The van der Waals surface area contributed by atoms with Crippen LogP contribution in [0.4, 0.5) is 5.82 Å². The Balaban J connectivity index is 1.79. The Morgan fingerprint density at radius 3 is 2.68 bits per heavy atom. The van der Waals surface area contributed by atoms with Crippen LogP contribution in [-0.2, 0) is 16.2 Å². The summed E-state index contributed by atoms with van der Waals surface area (Å²) in [5.41, 5.74) is 1.70. The minimum Gasteiger partial charge on any atom is -0.415 e. The van der Waals surface area contributed by atoms with Crippen molar-refractivity contribution in [3.8, 4) is 0 Å². The number of aryl methyl sites for hydroxylation is 1. The number of piperazine rings is 1. The molecule has 2 aliphatic rings. The maximum absolute atomic E-state index is 12.7. The molecule has 2 aliphatic heterocycles. The largest absolute Gasteiger partial charge is 0.415 e. The van der Waals surface area contributed by atoms with Crippen molar-refractivity contribution in [1.29, 1.82) is 0 Å². The number of hydrogen-bond acceptors (Lipinski definition) is 6. The summed E-state index contributed by atoms with van der Waals surface area (Å²) >= 11 is 0. The Bertz CT molecular complexity index is 1050. The summed E-state index contributed by atoms with van der Waals surface area (Å²) in [6.45, 7) is 16.8. The SMILES string of the molecule is CC[C@@H]1CN(c2c3c(ccc(=O)n3C)nn2C2CCCCO2)[C@@H](CO[Si](C)(C)C(C)(C)C)CN1.